The molecule has 0 fully saturated rings. The molecule has 0 bridgehead atoms. The van der Waals surface area contributed by atoms with Crippen molar-refractivity contribution in [2.75, 3.05) is 24.2 Å². The molecule has 76 valence electrons. The summed E-state index contributed by atoms with van der Waals surface area (Å²) in [7, 11) is 2.06. The van der Waals surface area contributed by atoms with Crippen molar-refractivity contribution in [3.63, 3.8) is 0 Å². The van der Waals surface area contributed by atoms with E-state index in [1.54, 1.807) is 11.8 Å². The minimum atomic E-state index is 0.522. The quantitative estimate of drug-likeness (QED) is 0.549. The summed E-state index contributed by atoms with van der Waals surface area (Å²) in [6.45, 7) is 3.08. The summed E-state index contributed by atoms with van der Waals surface area (Å²) in [6, 6.07) is 8.15. The lowest BCUT2D eigenvalue weighted by atomic mass is 10.3. The van der Waals surface area contributed by atoms with E-state index in [0.29, 0.717) is 5.75 Å². The molecule has 0 aliphatic heterocycles. The molecule has 0 saturated carbocycles. The van der Waals surface area contributed by atoms with Crippen LogP contribution in [0.3, 0.4) is 0 Å². The molecular formula is C11H15NOS. The van der Waals surface area contributed by atoms with Crippen LogP contribution in [0.15, 0.2) is 29.2 Å². The van der Waals surface area contributed by atoms with E-state index in [-0.39, 0.29) is 0 Å². The van der Waals surface area contributed by atoms with Crippen LogP contribution in [0.1, 0.15) is 6.92 Å². The first-order valence-corrected chi connectivity index (χ1v) is 5.64. The van der Waals surface area contributed by atoms with Crippen molar-refractivity contribution in [2.45, 2.75) is 11.8 Å². The lowest BCUT2D eigenvalue weighted by Crippen LogP contribution is -2.16. The van der Waals surface area contributed by atoms with E-state index in [4.69, 9.17) is 0 Å². The Balaban J connectivity index is 2.84. The molecule has 14 heavy (non-hydrogen) atoms. The maximum atomic E-state index is 10.3. The maximum absolute atomic E-state index is 10.3. The van der Waals surface area contributed by atoms with E-state index in [2.05, 4.69) is 31.0 Å². The third kappa shape index (κ3) is 2.77. The number of rotatable bonds is 5. The standard InChI is InChI=1S/C11H15NOS/c1-3-12(2)10-6-4-5-7-11(10)14-9-8-13/h4-8H,3,9H2,1-2H3. The molecule has 0 N–H and O–H groups in total. The number of nitrogens with zero attached hydrogens (tertiary/aromatic N) is 1. The van der Waals surface area contributed by atoms with Crippen LogP contribution in [0, 0.1) is 0 Å². The smallest absolute Gasteiger partial charge is 0.130 e. The lowest BCUT2D eigenvalue weighted by Gasteiger charge is -2.19. The number of hydrogen-bond acceptors (Lipinski definition) is 3. The van der Waals surface area contributed by atoms with Crippen LogP contribution >= 0.6 is 11.8 Å². The maximum Gasteiger partial charge on any atom is 0.130 e. The number of hydrogen-bond donors (Lipinski definition) is 0. The van der Waals surface area contributed by atoms with Crippen molar-refractivity contribution in [3.8, 4) is 0 Å². The normalized spacial score (nSPS) is 9.86. The van der Waals surface area contributed by atoms with Crippen molar-refractivity contribution in [2.24, 2.45) is 0 Å². The molecule has 0 aliphatic carbocycles. The fraction of sp³-hybridized carbons (Fsp3) is 0.364. The molecule has 1 aromatic carbocycles. The van der Waals surface area contributed by atoms with Crippen molar-refractivity contribution in [3.05, 3.63) is 24.3 Å². The number of benzene rings is 1. The SMILES string of the molecule is CCN(C)c1ccccc1SCC=O. The van der Waals surface area contributed by atoms with Crippen LogP contribution in [0.5, 0.6) is 0 Å². The lowest BCUT2D eigenvalue weighted by molar-refractivity contribution is -0.105. The third-order valence-electron chi connectivity index (χ3n) is 2.06. The van der Waals surface area contributed by atoms with Gasteiger partial charge in [0.25, 0.3) is 0 Å². The van der Waals surface area contributed by atoms with Gasteiger partial charge in [0.15, 0.2) is 0 Å². The number of carbonyl (C=O) groups is 1. The number of para-hydroxylation sites is 1. The van der Waals surface area contributed by atoms with E-state index >= 15 is 0 Å². The molecule has 0 radical (unpaired) electrons. The molecule has 2 nitrogen and oxygen atoms in total. The molecule has 0 atom stereocenters. The average Bonchev–Trinajstić information content (AvgIpc) is 2.25. The minimum Gasteiger partial charge on any atom is -0.374 e. The van der Waals surface area contributed by atoms with Gasteiger partial charge in [-0.2, -0.15) is 0 Å². The number of carbonyl (C=O) groups excluding carboxylic acids is 1. The molecule has 0 unspecified atom stereocenters. The molecule has 1 rings (SSSR count). The monoisotopic (exact) mass is 209 g/mol. The second kappa shape index (κ2) is 5.70. The molecule has 1 aromatic rings. The minimum absolute atomic E-state index is 0.522. The van der Waals surface area contributed by atoms with E-state index in [1.165, 1.54) is 10.6 Å². The van der Waals surface area contributed by atoms with E-state index < -0.39 is 0 Å². The van der Waals surface area contributed by atoms with Gasteiger partial charge < -0.3 is 9.69 Å². The zero-order valence-electron chi connectivity index (χ0n) is 8.56. The topological polar surface area (TPSA) is 20.3 Å². The van der Waals surface area contributed by atoms with Gasteiger partial charge >= 0.3 is 0 Å². The Kier molecular flexibility index (Phi) is 4.53. The summed E-state index contributed by atoms with van der Waals surface area (Å²) < 4.78 is 0. The van der Waals surface area contributed by atoms with Crippen molar-refractivity contribution >= 4 is 23.7 Å². The Hall–Kier alpha value is -0.960. The molecule has 0 spiro atoms. The number of thioether (sulfide) groups is 1. The predicted molar refractivity (Wildman–Crippen MR) is 62.2 cm³/mol. The first-order valence-electron chi connectivity index (χ1n) is 4.66. The van der Waals surface area contributed by atoms with Crippen LogP contribution in [0.25, 0.3) is 0 Å². The highest BCUT2D eigenvalue weighted by atomic mass is 32.2. The van der Waals surface area contributed by atoms with Gasteiger partial charge in [-0.25, -0.2) is 0 Å². The summed E-state index contributed by atoms with van der Waals surface area (Å²) in [5.41, 5.74) is 1.20. The van der Waals surface area contributed by atoms with E-state index in [9.17, 15) is 4.79 Å². The second-order valence-corrected chi connectivity index (χ2v) is 4.02. The van der Waals surface area contributed by atoms with Gasteiger partial charge in [0, 0.05) is 18.5 Å². The Morgan fingerprint density at radius 2 is 2.14 bits per heavy atom. The fourth-order valence-corrected chi connectivity index (χ4v) is 1.98. The highest BCUT2D eigenvalue weighted by Crippen LogP contribution is 2.28. The van der Waals surface area contributed by atoms with Gasteiger partial charge in [-0.05, 0) is 19.1 Å². The van der Waals surface area contributed by atoms with Gasteiger partial charge in [0.1, 0.15) is 6.29 Å². The van der Waals surface area contributed by atoms with Crippen LogP contribution in [-0.2, 0) is 4.79 Å². The van der Waals surface area contributed by atoms with Crippen molar-refractivity contribution in [1.29, 1.82) is 0 Å². The van der Waals surface area contributed by atoms with Gasteiger partial charge in [0.05, 0.1) is 11.4 Å². The van der Waals surface area contributed by atoms with Gasteiger partial charge in [-0.15, -0.1) is 11.8 Å². The third-order valence-corrected chi connectivity index (χ3v) is 3.02. The zero-order chi connectivity index (χ0) is 10.4. The highest BCUT2D eigenvalue weighted by molar-refractivity contribution is 8.00. The van der Waals surface area contributed by atoms with Crippen molar-refractivity contribution in [1.82, 2.24) is 0 Å². The molecular weight excluding hydrogens is 194 g/mol. The Bertz CT molecular complexity index is 301. The first-order chi connectivity index (χ1) is 6.79. The summed E-state index contributed by atoms with van der Waals surface area (Å²) in [6.07, 6.45) is 0.938. The molecule has 0 amide bonds. The fourth-order valence-electron chi connectivity index (χ4n) is 1.19. The van der Waals surface area contributed by atoms with Crippen LogP contribution in [-0.4, -0.2) is 25.6 Å². The summed E-state index contributed by atoms with van der Waals surface area (Å²) in [5.74, 6) is 0.522. The zero-order valence-corrected chi connectivity index (χ0v) is 9.38. The van der Waals surface area contributed by atoms with Gasteiger partial charge in [0.2, 0.25) is 0 Å². The number of anilines is 1. The number of aldehydes is 1. The van der Waals surface area contributed by atoms with Crippen molar-refractivity contribution < 1.29 is 4.79 Å². The molecule has 3 heteroatoms. The predicted octanol–water partition coefficient (Wildman–Crippen LogP) is 2.43. The van der Waals surface area contributed by atoms with Crippen LogP contribution in [0.4, 0.5) is 5.69 Å². The average molecular weight is 209 g/mol. The molecule has 0 saturated heterocycles. The second-order valence-electron chi connectivity index (χ2n) is 2.96. The summed E-state index contributed by atoms with van der Waals surface area (Å²) >= 11 is 1.58. The van der Waals surface area contributed by atoms with Gasteiger partial charge in [-0.1, -0.05) is 12.1 Å². The molecule has 0 heterocycles. The van der Waals surface area contributed by atoms with Gasteiger partial charge in [-0.3, -0.25) is 0 Å². The summed E-state index contributed by atoms with van der Waals surface area (Å²) in [4.78, 5) is 13.6. The van der Waals surface area contributed by atoms with Crippen LogP contribution in [0.2, 0.25) is 0 Å². The molecule has 0 aromatic heterocycles. The first kappa shape index (κ1) is 11.1. The Morgan fingerprint density at radius 1 is 1.43 bits per heavy atom. The highest BCUT2D eigenvalue weighted by Gasteiger charge is 2.04. The van der Waals surface area contributed by atoms with E-state index in [1.807, 2.05) is 12.1 Å². The largest absolute Gasteiger partial charge is 0.374 e. The van der Waals surface area contributed by atoms with Crippen LogP contribution < -0.4 is 4.90 Å². The molecule has 0 aliphatic rings. The Morgan fingerprint density at radius 3 is 2.79 bits per heavy atom. The Labute approximate surface area is 89.3 Å². The van der Waals surface area contributed by atoms with E-state index in [0.717, 1.165) is 12.8 Å². The summed E-state index contributed by atoms with van der Waals surface area (Å²) in [5, 5.41) is 0.